The molecule has 0 saturated carbocycles. The molecule has 1 rings (SSSR count). The maximum Gasteiger partial charge on any atom is 0.410 e. The molecule has 1 heterocycles. The lowest BCUT2D eigenvalue weighted by Gasteiger charge is -2.36. The zero-order valence-corrected chi connectivity index (χ0v) is 13.6. The molecule has 0 N–H and O–H groups in total. The van der Waals surface area contributed by atoms with Crippen LogP contribution in [0.15, 0.2) is 12.2 Å². The molecule has 1 aliphatic rings. The fourth-order valence-corrected chi connectivity index (χ4v) is 2.27. The van der Waals surface area contributed by atoms with E-state index in [4.69, 9.17) is 9.47 Å². The Balaban J connectivity index is 2.51. The summed E-state index contributed by atoms with van der Waals surface area (Å²) in [5, 5.41) is 0. The minimum Gasteiger partial charge on any atom is -0.462 e. The molecule has 0 aromatic heterocycles. The second-order valence-corrected chi connectivity index (χ2v) is 6.53. The second-order valence-electron chi connectivity index (χ2n) is 6.53. The SMILES string of the molecule is C=C(C)C(=O)OCCC1CCCCN1C(=O)OC(C)(C)C. The highest BCUT2D eigenvalue weighted by molar-refractivity contribution is 5.86. The smallest absolute Gasteiger partial charge is 0.410 e. The predicted octanol–water partition coefficient (Wildman–Crippen LogP) is 3.29. The molecule has 1 saturated heterocycles. The molecule has 1 aliphatic heterocycles. The Morgan fingerprint density at radius 2 is 1.95 bits per heavy atom. The number of likely N-dealkylation sites (tertiary alicyclic amines) is 1. The van der Waals surface area contributed by atoms with Gasteiger partial charge in [-0.25, -0.2) is 9.59 Å². The van der Waals surface area contributed by atoms with E-state index in [1.807, 2.05) is 20.8 Å². The Hall–Kier alpha value is -1.52. The first-order valence-electron chi connectivity index (χ1n) is 7.53. The number of carbonyl (C=O) groups is 2. The van der Waals surface area contributed by atoms with Crippen molar-refractivity contribution in [2.24, 2.45) is 0 Å². The van der Waals surface area contributed by atoms with Crippen LogP contribution in [0.3, 0.4) is 0 Å². The van der Waals surface area contributed by atoms with Crippen molar-refractivity contribution in [1.29, 1.82) is 0 Å². The number of rotatable bonds is 4. The van der Waals surface area contributed by atoms with Gasteiger partial charge in [-0.2, -0.15) is 0 Å². The molecule has 5 nitrogen and oxygen atoms in total. The zero-order valence-electron chi connectivity index (χ0n) is 13.6. The Labute approximate surface area is 127 Å². The van der Waals surface area contributed by atoms with Crippen LogP contribution in [-0.2, 0) is 14.3 Å². The Kier molecular flexibility index (Phi) is 6.24. The van der Waals surface area contributed by atoms with Crippen LogP contribution in [0.4, 0.5) is 4.79 Å². The van der Waals surface area contributed by atoms with Crippen molar-refractivity contribution in [1.82, 2.24) is 4.90 Å². The number of carbonyl (C=O) groups excluding carboxylic acids is 2. The number of esters is 1. The van der Waals surface area contributed by atoms with E-state index in [0.717, 1.165) is 19.3 Å². The fraction of sp³-hybridized carbons (Fsp3) is 0.750. The molecular formula is C16H27NO4. The van der Waals surface area contributed by atoms with E-state index in [-0.39, 0.29) is 18.1 Å². The van der Waals surface area contributed by atoms with Gasteiger partial charge in [0, 0.05) is 24.6 Å². The van der Waals surface area contributed by atoms with Gasteiger partial charge in [-0.3, -0.25) is 0 Å². The molecule has 1 atom stereocenters. The summed E-state index contributed by atoms with van der Waals surface area (Å²) in [5.74, 6) is -0.380. The summed E-state index contributed by atoms with van der Waals surface area (Å²) in [4.78, 5) is 25.3. The van der Waals surface area contributed by atoms with Crippen LogP contribution in [0.5, 0.6) is 0 Å². The van der Waals surface area contributed by atoms with E-state index in [1.165, 1.54) is 0 Å². The predicted molar refractivity (Wildman–Crippen MR) is 81.0 cm³/mol. The fourth-order valence-electron chi connectivity index (χ4n) is 2.27. The van der Waals surface area contributed by atoms with Gasteiger partial charge in [-0.05, 0) is 47.0 Å². The molecular weight excluding hydrogens is 270 g/mol. The van der Waals surface area contributed by atoms with Crippen molar-refractivity contribution in [3.05, 3.63) is 12.2 Å². The summed E-state index contributed by atoms with van der Waals surface area (Å²) < 4.78 is 10.6. The van der Waals surface area contributed by atoms with E-state index in [2.05, 4.69) is 6.58 Å². The lowest BCUT2D eigenvalue weighted by Crippen LogP contribution is -2.46. The van der Waals surface area contributed by atoms with E-state index in [9.17, 15) is 9.59 Å². The topological polar surface area (TPSA) is 55.8 Å². The van der Waals surface area contributed by atoms with Gasteiger partial charge in [-0.1, -0.05) is 6.58 Å². The molecule has 1 amide bonds. The van der Waals surface area contributed by atoms with Gasteiger partial charge >= 0.3 is 12.1 Å². The number of amides is 1. The molecule has 1 unspecified atom stereocenters. The van der Waals surface area contributed by atoms with Crippen LogP contribution in [0.1, 0.15) is 53.4 Å². The lowest BCUT2D eigenvalue weighted by molar-refractivity contribution is -0.139. The summed E-state index contributed by atoms with van der Waals surface area (Å²) in [6.45, 7) is 11.7. The maximum absolute atomic E-state index is 12.2. The minimum absolute atomic E-state index is 0.0755. The summed E-state index contributed by atoms with van der Waals surface area (Å²) in [5.41, 5.74) is -0.103. The van der Waals surface area contributed by atoms with E-state index >= 15 is 0 Å². The first-order valence-corrected chi connectivity index (χ1v) is 7.53. The highest BCUT2D eigenvalue weighted by atomic mass is 16.6. The van der Waals surface area contributed by atoms with Gasteiger partial charge in [0.05, 0.1) is 6.61 Å². The van der Waals surface area contributed by atoms with Gasteiger partial charge in [0.15, 0.2) is 0 Å². The average molecular weight is 297 g/mol. The highest BCUT2D eigenvalue weighted by Crippen LogP contribution is 2.22. The van der Waals surface area contributed by atoms with Crippen molar-refractivity contribution in [3.8, 4) is 0 Å². The molecule has 120 valence electrons. The molecule has 0 radical (unpaired) electrons. The third-order valence-electron chi connectivity index (χ3n) is 3.29. The molecule has 0 spiro atoms. The molecule has 5 heteroatoms. The summed E-state index contributed by atoms with van der Waals surface area (Å²) in [6.07, 6.45) is 3.35. The number of ether oxygens (including phenoxy) is 2. The van der Waals surface area contributed by atoms with Crippen molar-refractivity contribution in [2.75, 3.05) is 13.2 Å². The van der Waals surface area contributed by atoms with Crippen LogP contribution >= 0.6 is 0 Å². The van der Waals surface area contributed by atoms with Crippen molar-refractivity contribution in [3.63, 3.8) is 0 Å². The molecule has 0 bridgehead atoms. The molecule has 0 aliphatic carbocycles. The van der Waals surface area contributed by atoms with Crippen LogP contribution in [0.2, 0.25) is 0 Å². The Morgan fingerprint density at radius 3 is 2.52 bits per heavy atom. The van der Waals surface area contributed by atoms with Crippen molar-refractivity contribution >= 4 is 12.1 Å². The van der Waals surface area contributed by atoms with Crippen LogP contribution in [0, 0.1) is 0 Å². The minimum atomic E-state index is -0.495. The maximum atomic E-state index is 12.2. The summed E-state index contributed by atoms with van der Waals surface area (Å²) in [7, 11) is 0. The number of nitrogens with zero attached hydrogens (tertiary/aromatic N) is 1. The quantitative estimate of drug-likeness (QED) is 0.590. The standard InChI is InChI=1S/C16H27NO4/c1-12(2)14(18)20-11-9-13-8-6-7-10-17(13)15(19)21-16(3,4)5/h13H,1,6-11H2,2-5H3. The van der Waals surface area contributed by atoms with Crippen LogP contribution in [-0.4, -0.2) is 41.8 Å². The van der Waals surface area contributed by atoms with Gasteiger partial charge in [0.25, 0.3) is 0 Å². The number of hydrogen-bond donors (Lipinski definition) is 0. The van der Waals surface area contributed by atoms with E-state index in [0.29, 0.717) is 25.1 Å². The van der Waals surface area contributed by atoms with Gasteiger partial charge in [0.2, 0.25) is 0 Å². The van der Waals surface area contributed by atoms with Gasteiger partial charge in [0.1, 0.15) is 5.60 Å². The third-order valence-corrected chi connectivity index (χ3v) is 3.29. The monoisotopic (exact) mass is 297 g/mol. The number of piperidine rings is 1. The average Bonchev–Trinajstić information content (AvgIpc) is 2.37. The van der Waals surface area contributed by atoms with Crippen molar-refractivity contribution in [2.45, 2.75) is 65.0 Å². The van der Waals surface area contributed by atoms with Gasteiger partial charge < -0.3 is 14.4 Å². The molecule has 21 heavy (non-hydrogen) atoms. The zero-order chi connectivity index (χ0) is 16.0. The van der Waals surface area contributed by atoms with Gasteiger partial charge in [-0.15, -0.1) is 0 Å². The van der Waals surface area contributed by atoms with Crippen LogP contribution in [0.25, 0.3) is 0 Å². The molecule has 0 aromatic carbocycles. The second kappa shape index (κ2) is 7.48. The third kappa shape index (κ3) is 6.19. The summed E-state index contributed by atoms with van der Waals surface area (Å²) in [6, 6.07) is 0.0755. The van der Waals surface area contributed by atoms with Crippen molar-refractivity contribution < 1.29 is 19.1 Å². The normalized spacial score (nSPS) is 19.0. The summed E-state index contributed by atoms with van der Waals surface area (Å²) >= 11 is 0. The van der Waals surface area contributed by atoms with E-state index < -0.39 is 5.60 Å². The highest BCUT2D eigenvalue weighted by Gasteiger charge is 2.30. The van der Waals surface area contributed by atoms with Crippen LogP contribution < -0.4 is 0 Å². The Bertz CT molecular complexity index is 398. The Morgan fingerprint density at radius 1 is 1.29 bits per heavy atom. The first kappa shape index (κ1) is 17.5. The lowest BCUT2D eigenvalue weighted by atomic mass is 10.0. The molecule has 1 fully saturated rings. The number of hydrogen-bond acceptors (Lipinski definition) is 4. The molecule has 0 aromatic rings. The largest absolute Gasteiger partial charge is 0.462 e. The van der Waals surface area contributed by atoms with E-state index in [1.54, 1.807) is 11.8 Å². The first-order chi connectivity index (χ1) is 9.70.